The monoisotopic (exact) mass is 1360 g/mol. The van der Waals surface area contributed by atoms with Gasteiger partial charge in [-0.1, -0.05) is 113 Å². The maximum atomic E-state index is 5.86. The highest BCUT2D eigenvalue weighted by atomic mass is 35.5. The fraction of sp³-hybridized carbons (Fsp3) is 0.224. The molecular formula is C67H66Cl2N8OS9. The van der Waals surface area contributed by atoms with Crippen molar-refractivity contribution in [3.8, 4) is 52.1 Å². The minimum atomic E-state index is 0. The standard InChI is InChI=1S/C13H10ClNOS.C13H11NS2.C12H9ClN2S2.2C12H10N2S2.2C2H6.CH4/c1-7-3-4-8(2)12-11(7)15-13(17-12)9-5-6-10(14)16-9;1-8-5-6-9(2)12-11(8)14-13(16-12)10-4-3-7-15-10;1-6-3-4-7(2)10-9(6)15-11(17-10)8-5-16-12(13)14-8;1-7-3-4-8(2)11-10(7)14-12(16-11)9-5-15-6-13-9;1-7-3-4-8(2)10-9(7)14-12(16-10)11-13-5-6-15-11;2*1-2;/h3-6H,1-2H3;3-7H,1-2H3;3-5H,1-2H3;2*3-6H,1-2H3;2*1-2H3;1H4. The van der Waals surface area contributed by atoms with Crippen LogP contribution in [0.25, 0.3) is 103 Å². The molecule has 9 nitrogen and oxygen atoms in total. The smallest absolute Gasteiger partial charge is 0.194 e. The summed E-state index contributed by atoms with van der Waals surface area (Å²) in [6.07, 6.45) is 1.83. The SMILES string of the molecule is C.CC.CC.Cc1ccc(C)c2sc(-c3ccc(Cl)o3)nc12.Cc1ccc(C)c2sc(-c3cccs3)nc12.Cc1ccc(C)c2sc(-c3csc(Cl)n3)nc12.Cc1ccc(C)c2sc(-c3cscn3)nc12.Cc1ccc(C)c2sc(-c3nccs3)nc12. The van der Waals surface area contributed by atoms with Crippen molar-refractivity contribution in [1.82, 2.24) is 39.9 Å². The molecule has 0 aliphatic heterocycles. The highest BCUT2D eigenvalue weighted by Gasteiger charge is 2.17. The number of benzene rings is 5. The predicted molar refractivity (Wildman–Crippen MR) is 389 cm³/mol. The Morgan fingerprint density at radius 3 is 1.16 bits per heavy atom. The molecule has 448 valence electrons. The van der Waals surface area contributed by atoms with Crippen LogP contribution in [0.2, 0.25) is 9.69 Å². The summed E-state index contributed by atoms with van der Waals surface area (Å²) < 4.78 is 12.3. The van der Waals surface area contributed by atoms with Crippen LogP contribution in [0.15, 0.2) is 123 Å². The molecule has 0 radical (unpaired) electrons. The number of aryl methyl sites for hydroxylation is 10. The molecule has 0 N–H and O–H groups in total. The maximum Gasteiger partial charge on any atom is 0.194 e. The molecule has 0 amide bonds. The van der Waals surface area contributed by atoms with Crippen molar-refractivity contribution >= 4 is 176 Å². The largest absolute Gasteiger partial charge is 0.442 e. The van der Waals surface area contributed by atoms with Gasteiger partial charge in [0.25, 0.3) is 0 Å². The second-order valence-electron chi connectivity index (χ2n) is 19.3. The first-order valence-corrected chi connectivity index (χ1v) is 36.0. The van der Waals surface area contributed by atoms with E-state index in [-0.39, 0.29) is 7.43 Å². The number of nitrogens with zero attached hydrogens (tertiary/aromatic N) is 8. The Hall–Kier alpha value is -6.00. The van der Waals surface area contributed by atoms with E-state index in [1.807, 2.05) is 61.6 Å². The first kappa shape index (κ1) is 66.9. The van der Waals surface area contributed by atoms with Crippen LogP contribution >= 0.6 is 125 Å². The van der Waals surface area contributed by atoms with E-state index in [4.69, 9.17) is 32.6 Å². The zero-order valence-electron chi connectivity index (χ0n) is 50.0. The molecule has 10 heterocycles. The Labute approximate surface area is 555 Å². The van der Waals surface area contributed by atoms with Crippen LogP contribution in [0.3, 0.4) is 0 Å². The number of fused-ring (bicyclic) bond motifs is 5. The summed E-state index contributed by atoms with van der Waals surface area (Å²) >= 11 is 26.7. The number of halogens is 2. The molecule has 0 saturated heterocycles. The molecule has 0 aliphatic carbocycles. The summed E-state index contributed by atoms with van der Waals surface area (Å²) in [6, 6.07) is 29.1. The van der Waals surface area contributed by atoms with Crippen LogP contribution in [0.1, 0.15) is 90.8 Å². The Bertz CT molecular complexity index is 4100. The van der Waals surface area contributed by atoms with Crippen LogP contribution in [0.4, 0.5) is 0 Å². The van der Waals surface area contributed by atoms with Gasteiger partial charge in [0, 0.05) is 22.3 Å². The van der Waals surface area contributed by atoms with E-state index in [1.165, 1.54) is 95.3 Å². The van der Waals surface area contributed by atoms with Gasteiger partial charge in [-0.15, -0.1) is 102 Å². The Kier molecular flexibility index (Phi) is 23.4. The average Bonchev–Trinajstić information content (AvgIpc) is 2.28. The average molecular weight is 1360 g/mol. The number of hydrogen-bond acceptors (Lipinski definition) is 18. The summed E-state index contributed by atoms with van der Waals surface area (Å²) in [5, 5.41) is 14.5. The van der Waals surface area contributed by atoms with Gasteiger partial charge < -0.3 is 4.42 Å². The molecule has 0 aliphatic rings. The van der Waals surface area contributed by atoms with Gasteiger partial charge in [0.2, 0.25) is 0 Å². The van der Waals surface area contributed by atoms with Gasteiger partial charge in [0.15, 0.2) is 30.5 Å². The number of thiazole rings is 8. The summed E-state index contributed by atoms with van der Waals surface area (Å²) in [5.41, 5.74) is 21.8. The number of aromatic nitrogens is 8. The zero-order chi connectivity index (χ0) is 61.3. The van der Waals surface area contributed by atoms with E-state index >= 15 is 0 Å². The first-order valence-electron chi connectivity index (χ1n) is 27.6. The van der Waals surface area contributed by atoms with Crippen LogP contribution in [0.5, 0.6) is 0 Å². The van der Waals surface area contributed by atoms with Crippen LogP contribution in [-0.4, -0.2) is 39.9 Å². The lowest BCUT2D eigenvalue weighted by Crippen LogP contribution is -1.79. The van der Waals surface area contributed by atoms with Gasteiger partial charge in [-0.05, 0) is 160 Å². The van der Waals surface area contributed by atoms with E-state index in [2.05, 4.69) is 182 Å². The second kappa shape index (κ2) is 30.5. The summed E-state index contributed by atoms with van der Waals surface area (Å²) in [7, 11) is 0. The minimum Gasteiger partial charge on any atom is -0.442 e. The lowest BCUT2D eigenvalue weighted by Gasteiger charge is -1.96. The molecule has 0 unspecified atom stereocenters. The summed E-state index contributed by atoms with van der Waals surface area (Å²) in [6.45, 7) is 29.1. The molecule has 0 atom stereocenters. The Balaban J connectivity index is 0.000000139. The minimum absolute atomic E-state index is 0. The van der Waals surface area contributed by atoms with E-state index in [0.29, 0.717) is 9.69 Å². The highest BCUT2D eigenvalue weighted by Crippen LogP contribution is 2.40. The number of furan rings is 1. The van der Waals surface area contributed by atoms with Crippen molar-refractivity contribution in [3.63, 3.8) is 0 Å². The topological polar surface area (TPSA) is 116 Å². The fourth-order valence-electron chi connectivity index (χ4n) is 8.64. The normalized spacial score (nSPS) is 10.7. The van der Waals surface area contributed by atoms with Gasteiger partial charge >= 0.3 is 0 Å². The van der Waals surface area contributed by atoms with E-state index < -0.39 is 0 Å². The molecule has 0 bridgehead atoms. The molecule has 0 fully saturated rings. The van der Waals surface area contributed by atoms with E-state index in [9.17, 15) is 0 Å². The molecule has 87 heavy (non-hydrogen) atoms. The van der Waals surface area contributed by atoms with Crippen molar-refractivity contribution in [1.29, 1.82) is 0 Å². The first-order chi connectivity index (χ1) is 41.6. The lowest BCUT2D eigenvalue weighted by atomic mass is 10.1. The van der Waals surface area contributed by atoms with Crippen molar-refractivity contribution < 1.29 is 4.42 Å². The molecule has 15 rings (SSSR count). The third-order valence-corrected chi connectivity index (χ3v) is 22.9. The molecule has 10 aromatic heterocycles. The number of thiophene rings is 1. The van der Waals surface area contributed by atoms with Crippen LogP contribution in [-0.2, 0) is 0 Å². The lowest BCUT2D eigenvalue weighted by molar-refractivity contribution is 0.584. The third kappa shape index (κ3) is 15.4. The zero-order valence-corrected chi connectivity index (χ0v) is 58.8. The Morgan fingerprint density at radius 1 is 0.368 bits per heavy atom. The van der Waals surface area contributed by atoms with Gasteiger partial charge in [-0.25, -0.2) is 39.9 Å². The van der Waals surface area contributed by atoms with Gasteiger partial charge in [0.05, 0.1) is 61.5 Å². The van der Waals surface area contributed by atoms with Gasteiger partial charge in [0.1, 0.15) is 26.4 Å². The molecule has 5 aromatic carbocycles. The maximum absolute atomic E-state index is 5.86. The van der Waals surface area contributed by atoms with Crippen LogP contribution in [0, 0.1) is 69.2 Å². The Morgan fingerprint density at radius 2 is 0.782 bits per heavy atom. The van der Waals surface area contributed by atoms with E-state index in [0.717, 1.165) is 74.8 Å². The predicted octanol–water partition coefficient (Wildman–Crippen LogP) is 24.9. The fourth-order valence-corrected chi connectivity index (χ4v) is 17.1. The van der Waals surface area contributed by atoms with Crippen molar-refractivity contribution in [2.45, 2.75) is 104 Å². The summed E-state index contributed by atoms with van der Waals surface area (Å²) in [5.74, 6) is 0.731. The number of hydrogen-bond donors (Lipinski definition) is 0. The third-order valence-electron chi connectivity index (χ3n) is 13.2. The molecule has 20 heteroatoms. The van der Waals surface area contributed by atoms with Crippen molar-refractivity contribution in [3.05, 3.63) is 183 Å². The molecule has 15 aromatic rings. The van der Waals surface area contributed by atoms with Crippen molar-refractivity contribution in [2.75, 3.05) is 0 Å². The van der Waals surface area contributed by atoms with Crippen LogP contribution < -0.4 is 0 Å². The molecular weight excluding hydrogens is 1290 g/mol. The molecule has 0 spiro atoms. The summed E-state index contributed by atoms with van der Waals surface area (Å²) in [4.78, 5) is 37.5. The highest BCUT2D eigenvalue weighted by molar-refractivity contribution is 7.26. The quantitative estimate of drug-likeness (QED) is 0.166. The van der Waals surface area contributed by atoms with Gasteiger partial charge in [-0.2, -0.15) is 0 Å². The second-order valence-corrected chi connectivity index (χ2v) is 28.6. The van der Waals surface area contributed by atoms with Gasteiger partial charge in [-0.3, -0.25) is 0 Å². The number of rotatable bonds is 5. The van der Waals surface area contributed by atoms with Crippen molar-refractivity contribution in [2.24, 2.45) is 0 Å². The molecule has 0 saturated carbocycles. The van der Waals surface area contributed by atoms with E-state index in [1.54, 1.807) is 96.8 Å².